The van der Waals surface area contributed by atoms with Gasteiger partial charge in [0, 0.05) is 23.4 Å². The first kappa shape index (κ1) is 15.6. The molecule has 0 aliphatic heterocycles. The molecule has 0 radical (unpaired) electrons. The minimum absolute atomic E-state index is 0.0600. The number of benzene rings is 1. The van der Waals surface area contributed by atoms with Crippen LogP contribution >= 0.6 is 0 Å². The average Bonchev–Trinajstić information content (AvgIpc) is 2.46. The summed E-state index contributed by atoms with van der Waals surface area (Å²) in [6.07, 6.45) is 2.33. The van der Waals surface area contributed by atoms with Crippen molar-refractivity contribution in [3.63, 3.8) is 0 Å². The number of ether oxygens (including phenoxy) is 1. The zero-order valence-corrected chi connectivity index (χ0v) is 12.5. The number of hydrogen-bond acceptors (Lipinski definition) is 6. The lowest BCUT2D eigenvalue weighted by molar-refractivity contribution is 0.315. The highest BCUT2D eigenvalue weighted by Crippen LogP contribution is 2.22. The van der Waals surface area contributed by atoms with Gasteiger partial charge in [0.05, 0.1) is 12.8 Å². The van der Waals surface area contributed by atoms with Crippen molar-refractivity contribution in [2.45, 2.75) is 20.3 Å². The third-order valence-electron chi connectivity index (χ3n) is 2.72. The third-order valence-corrected chi connectivity index (χ3v) is 2.72. The van der Waals surface area contributed by atoms with Gasteiger partial charge in [0.15, 0.2) is 0 Å². The van der Waals surface area contributed by atoms with E-state index in [4.69, 9.17) is 4.74 Å². The van der Waals surface area contributed by atoms with E-state index in [1.807, 2.05) is 6.92 Å². The quantitative estimate of drug-likeness (QED) is 0.560. The fourth-order valence-electron chi connectivity index (χ4n) is 1.74. The molecule has 0 saturated carbocycles. The molecule has 0 saturated heterocycles. The Balaban J connectivity index is 2.05. The number of aromatic amines is 1. The summed E-state index contributed by atoms with van der Waals surface area (Å²) < 4.78 is 5.42. The van der Waals surface area contributed by atoms with Crippen molar-refractivity contribution in [2.75, 3.05) is 12.0 Å². The Morgan fingerprint density at radius 1 is 1.45 bits per heavy atom. The van der Waals surface area contributed by atoms with Crippen LogP contribution in [0.1, 0.15) is 24.6 Å². The number of anilines is 1. The van der Waals surface area contributed by atoms with Crippen LogP contribution in [0.15, 0.2) is 34.2 Å². The largest absolute Gasteiger partial charge is 0.507 e. The summed E-state index contributed by atoms with van der Waals surface area (Å²) in [5.74, 6) is 0.905. The molecule has 1 aromatic heterocycles. The molecular weight excluding hydrogens is 284 g/mol. The van der Waals surface area contributed by atoms with Crippen LogP contribution in [-0.2, 0) is 0 Å². The van der Waals surface area contributed by atoms with Crippen LogP contribution in [0.4, 0.5) is 5.95 Å². The number of aromatic nitrogens is 2. The van der Waals surface area contributed by atoms with Gasteiger partial charge >= 0.3 is 0 Å². The lowest BCUT2D eigenvalue weighted by atomic mass is 10.2. The summed E-state index contributed by atoms with van der Waals surface area (Å²) in [5, 5.41) is 13.8. The lowest BCUT2D eigenvalue weighted by Crippen LogP contribution is -2.10. The van der Waals surface area contributed by atoms with Gasteiger partial charge in [0.1, 0.15) is 11.5 Å². The molecule has 0 spiro atoms. The molecule has 7 heteroatoms. The lowest BCUT2D eigenvalue weighted by Gasteiger charge is -2.06. The second-order valence-electron chi connectivity index (χ2n) is 4.67. The van der Waals surface area contributed by atoms with Crippen molar-refractivity contribution in [1.29, 1.82) is 0 Å². The number of phenols is 1. The second-order valence-corrected chi connectivity index (χ2v) is 4.67. The van der Waals surface area contributed by atoms with Crippen molar-refractivity contribution in [3.8, 4) is 11.5 Å². The second kappa shape index (κ2) is 7.26. The summed E-state index contributed by atoms with van der Waals surface area (Å²) >= 11 is 0. The summed E-state index contributed by atoms with van der Waals surface area (Å²) in [6, 6.07) is 6.36. The van der Waals surface area contributed by atoms with Gasteiger partial charge in [-0.15, -0.1) is 0 Å². The van der Waals surface area contributed by atoms with Crippen LogP contribution in [0.5, 0.6) is 11.5 Å². The fraction of sp³-hybridized carbons (Fsp3) is 0.267. The fourth-order valence-corrected chi connectivity index (χ4v) is 1.74. The van der Waals surface area contributed by atoms with Gasteiger partial charge in [-0.25, -0.2) is 10.4 Å². The van der Waals surface area contributed by atoms with Crippen LogP contribution in [0.25, 0.3) is 0 Å². The highest BCUT2D eigenvalue weighted by Gasteiger charge is 2.01. The van der Waals surface area contributed by atoms with E-state index in [-0.39, 0.29) is 17.3 Å². The Kier molecular flexibility index (Phi) is 5.13. The van der Waals surface area contributed by atoms with Gasteiger partial charge in [0.2, 0.25) is 5.95 Å². The maximum Gasteiger partial charge on any atom is 0.252 e. The highest BCUT2D eigenvalue weighted by atomic mass is 16.5. The molecular formula is C15H18N4O3. The van der Waals surface area contributed by atoms with E-state index in [0.717, 1.165) is 6.42 Å². The molecule has 0 amide bonds. The van der Waals surface area contributed by atoms with Crippen LogP contribution in [0.3, 0.4) is 0 Å². The van der Waals surface area contributed by atoms with Crippen LogP contribution < -0.4 is 15.7 Å². The zero-order chi connectivity index (χ0) is 15.9. The molecule has 0 atom stereocenters. The number of hydrazone groups is 1. The molecule has 2 aromatic rings. The first-order valence-electron chi connectivity index (χ1n) is 6.91. The molecule has 22 heavy (non-hydrogen) atoms. The molecule has 3 N–H and O–H groups in total. The summed E-state index contributed by atoms with van der Waals surface area (Å²) in [5.41, 5.74) is 3.46. The Morgan fingerprint density at radius 3 is 2.95 bits per heavy atom. The van der Waals surface area contributed by atoms with E-state index in [2.05, 4.69) is 20.5 Å². The molecule has 116 valence electrons. The summed E-state index contributed by atoms with van der Waals surface area (Å²) in [6.45, 7) is 4.32. The molecule has 0 bridgehead atoms. The average molecular weight is 302 g/mol. The number of hydrogen-bond donors (Lipinski definition) is 3. The Hall–Kier alpha value is -2.83. The van der Waals surface area contributed by atoms with Gasteiger partial charge < -0.3 is 9.84 Å². The van der Waals surface area contributed by atoms with E-state index < -0.39 is 0 Å². The molecule has 2 rings (SSSR count). The van der Waals surface area contributed by atoms with E-state index in [1.165, 1.54) is 18.3 Å². The van der Waals surface area contributed by atoms with Crippen LogP contribution in [0.2, 0.25) is 0 Å². The first-order valence-corrected chi connectivity index (χ1v) is 6.91. The normalized spacial score (nSPS) is 10.8. The highest BCUT2D eigenvalue weighted by molar-refractivity contribution is 5.84. The number of nitrogens with zero attached hydrogens (tertiary/aromatic N) is 2. The predicted octanol–water partition coefficient (Wildman–Crippen LogP) is 2.02. The number of aromatic hydroxyl groups is 1. The van der Waals surface area contributed by atoms with Crippen molar-refractivity contribution >= 4 is 12.2 Å². The van der Waals surface area contributed by atoms with E-state index in [1.54, 1.807) is 19.1 Å². The predicted molar refractivity (Wildman–Crippen MR) is 84.7 cm³/mol. The maximum absolute atomic E-state index is 11.3. The molecule has 1 aromatic carbocycles. The minimum atomic E-state index is -0.259. The van der Waals surface area contributed by atoms with Gasteiger partial charge in [-0.05, 0) is 25.5 Å². The van der Waals surface area contributed by atoms with Crippen molar-refractivity contribution in [2.24, 2.45) is 5.10 Å². The number of phenolic OH excluding ortho intramolecular Hbond substituents is 1. The first-order chi connectivity index (χ1) is 10.6. The Bertz CT molecular complexity index is 725. The molecule has 1 heterocycles. The number of aryl methyl sites for hydroxylation is 1. The van der Waals surface area contributed by atoms with E-state index in [0.29, 0.717) is 23.6 Å². The topological polar surface area (TPSA) is 99.6 Å². The number of H-pyrrole nitrogens is 1. The smallest absolute Gasteiger partial charge is 0.252 e. The molecule has 0 fully saturated rings. The van der Waals surface area contributed by atoms with Crippen molar-refractivity contribution < 1.29 is 9.84 Å². The van der Waals surface area contributed by atoms with Crippen LogP contribution in [0, 0.1) is 6.92 Å². The monoisotopic (exact) mass is 302 g/mol. The van der Waals surface area contributed by atoms with Gasteiger partial charge in [-0.2, -0.15) is 5.10 Å². The summed E-state index contributed by atoms with van der Waals surface area (Å²) in [4.78, 5) is 17.9. The molecule has 7 nitrogen and oxygen atoms in total. The SMILES string of the molecule is CCCOc1ccc(/C=N/Nc2nc(C)cc(=O)[nH]2)c(O)c1. The molecule has 0 unspecified atom stereocenters. The summed E-state index contributed by atoms with van der Waals surface area (Å²) in [7, 11) is 0. The van der Waals surface area contributed by atoms with Gasteiger partial charge in [-0.3, -0.25) is 9.78 Å². The minimum Gasteiger partial charge on any atom is -0.507 e. The Morgan fingerprint density at radius 2 is 2.27 bits per heavy atom. The van der Waals surface area contributed by atoms with E-state index in [9.17, 15) is 9.90 Å². The van der Waals surface area contributed by atoms with Crippen molar-refractivity contribution in [3.05, 3.63) is 45.9 Å². The van der Waals surface area contributed by atoms with E-state index >= 15 is 0 Å². The molecule has 0 aliphatic carbocycles. The van der Waals surface area contributed by atoms with Gasteiger partial charge in [0.25, 0.3) is 5.56 Å². The Labute approximate surface area is 127 Å². The van der Waals surface area contributed by atoms with Crippen molar-refractivity contribution in [1.82, 2.24) is 9.97 Å². The van der Waals surface area contributed by atoms with Gasteiger partial charge in [-0.1, -0.05) is 6.92 Å². The standard InChI is InChI=1S/C15H18N4O3/c1-3-6-22-12-5-4-11(13(20)8-12)9-16-19-15-17-10(2)7-14(21)18-15/h4-5,7-9,20H,3,6H2,1-2H3,(H2,17,18,19,21)/b16-9+. The number of nitrogens with one attached hydrogen (secondary N) is 2. The number of rotatable bonds is 6. The third kappa shape index (κ3) is 4.34. The zero-order valence-electron chi connectivity index (χ0n) is 12.5. The van der Waals surface area contributed by atoms with Crippen LogP contribution in [-0.4, -0.2) is 27.9 Å². The molecule has 0 aliphatic rings. The maximum atomic E-state index is 11.3.